The van der Waals surface area contributed by atoms with E-state index >= 15 is 0 Å². The number of allylic oxidation sites excluding steroid dienone is 2. The molecule has 1 nitrogen and oxygen atoms in total. The highest BCUT2D eigenvalue weighted by Crippen LogP contribution is 2.49. The van der Waals surface area contributed by atoms with Crippen molar-refractivity contribution < 1.29 is 4.57 Å². The van der Waals surface area contributed by atoms with E-state index < -0.39 is 7.14 Å². The largest absolute Gasteiger partial charge is 0.318 e. The van der Waals surface area contributed by atoms with Gasteiger partial charge in [0.15, 0.2) is 0 Å². The summed E-state index contributed by atoms with van der Waals surface area (Å²) in [5.41, 5.74) is 1.27. The van der Waals surface area contributed by atoms with Gasteiger partial charge in [-0.2, -0.15) is 0 Å². The summed E-state index contributed by atoms with van der Waals surface area (Å²) < 4.78 is 12.4. The molecule has 1 heterocycles. The van der Waals surface area contributed by atoms with Crippen LogP contribution in [0.1, 0.15) is 6.92 Å². The minimum absolute atomic E-state index is 0.753. The van der Waals surface area contributed by atoms with Crippen molar-refractivity contribution in [3.05, 3.63) is 42.0 Å². The topological polar surface area (TPSA) is 17.1 Å². The smallest absolute Gasteiger partial charge is 0.123 e. The van der Waals surface area contributed by atoms with Gasteiger partial charge in [-0.25, -0.2) is 0 Å². The summed E-state index contributed by atoms with van der Waals surface area (Å²) in [5, 5.41) is 1.03. The molecule has 0 bridgehead atoms. The first-order valence-electron chi connectivity index (χ1n) is 4.50. The molecule has 0 fully saturated rings. The number of benzene rings is 1. The Kier molecular flexibility index (Phi) is 2.13. The van der Waals surface area contributed by atoms with Gasteiger partial charge in [0, 0.05) is 17.6 Å². The minimum atomic E-state index is -2.07. The number of hydrogen-bond donors (Lipinski definition) is 0. The Morgan fingerprint density at radius 3 is 2.46 bits per heavy atom. The van der Waals surface area contributed by atoms with E-state index in [4.69, 9.17) is 0 Å². The van der Waals surface area contributed by atoms with Gasteiger partial charge in [0.2, 0.25) is 0 Å². The first-order valence-corrected chi connectivity index (χ1v) is 6.58. The lowest BCUT2D eigenvalue weighted by atomic mass is 10.3. The summed E-state index contributed by atoms with van der Waals surface area (Å²) in [4.78, 5) is 0. The monoisotopic (exact) mass is 192 g/mol. The van der Waals surface area contributed by atoms with Gasteiger partial charge in [-0.1, -0.05) is 42.0 Å². The van der Waals surface area contributed by atoms with Crippen molar-refractivity contribution >= 4 is 12.4 Å². The van der Waals surface area contributed by atoms with Gasteiger partial charge in [-0.3, -0.25) is 0 Å². The second-order valence-corrected chi connectivity index (χ2v) is 6.59. The lowest BCUT2D eigenvalue weighted by molar-refractivity contribution is 0.585. The zero-order valence-corrected chi connectivity index (χ0v) is 8.63. The molecule has 0 spiro atoms. The Bertz CT molecular complexity index is 378. The molecule has 68 valence electrons. The van der Waals surface area contributed by atoms with Crippen LogP contribution < -0.4 is 5.30 Å². The first-order chi connectivity index (χ1) is 6.21. The fraction of sp³-hybridized carbons (Fsp3) is 0.273. The van der Waals surface area contributed by atoms with E-state index in [-0.39, 0.29) is 0 Å². The van der Waals surface area contributed by atoms with Crippen LogP contribution in [0.3, 0.4) is 0 Å². The molecule has 13 heavy (non-hydrogen) atoms. The zero-order valence-electron chi connectivity index (χ0n) is 7.73. The van der Waals surface area contributed by atoms with Gasteiger partial charge in [-0.05, 0) is 6.92 Å². The number of rotatable bonds is 1. The Morgan fingerprint density at radius 1 is 1.23 bits per heavy atom. The van der Waals surface area contributed by atoms with Crippen LogP contribution in [-0.2, 0) is 4.57 Å². The Balaban J connectivity index is 2.34. The molecule has 0 N–H and O–H groups in total. The quantitative estimate of drug-likeness (QED) is 0.493. The molecule has 0 saturated heterocycles. The summed E-state index contributed by atoms with van der Waals surface area (Å²) in [7, 11) is -2.07. The van der Waals surface area contributed by atoms with Crippen molar-refractivity contribution in [3.63, 3.8) is 0 Å². The fourth-order valence-corrected chi connectivity index (χ4v) is 4.51. The standard InChI is InChI=1S/C11H13OP/c1-10-7-8-13(12,9-10)11-5-3-2-4-6-11/h2-7H,8-9H2,1H3/t13-/m0/s1. The van der Waals surface area contributed by atoms with Gasteiger partial charge >= 0.3 is 0 Å². The summed E-state index contributed by atoms with van der Waals surface area (Å²) in [5.74, 6) is 0. The maximum absolute atomic E-state index is 12.4. The van der Waals surface area contributed by atoms with Crippen LogP contribution in [0.2, 0.25) is 0 Å². The van der Waals surface area contributed by atoms with Gasteiger partial charge < -0.3 is 4.57 Å². The average Bonchev–Trinajstić information content (AvgIpc) is 2.49. The SMILES string of the molecule is CC1=CC[P@@](=O)(c2ccccc2)C1. The van der Waals surface area contributed by atoms with Gasteiger partial charge in [0.1, 0.15) is 7.14 Å². The highest BCUT2D eigenvalue weighted by molar-refractivity contribution is 7.72. The third kappa shape index (κ3) is 1.62. The van der Waals surface area contributed by atoms with Crippen molar-refractivity contribution in [3.8, 4) is 0 Å². The highest BCUT2D eigenvalue weighted by atomic mass is 31.2. The molecule has 0 radical (unpaired) electrons. The molecule has 0 amide bonds. The van der Waals surface area contributed by atoms with Crippen LogP contribution in [0.4, 0.5) is 0 Å². The second-order valence-electron chi connectivity index (χ2n) is 3.62. The molecule has 0 unspecified atom stereocenters. The van der Waals surface area contributed by atoms with E-state index in [1.54, 1.807) is 0 Å². The lowest BCUT2D eigenvalue weighted by Gasteiger charge is -2.11. The molecule has 2 heteroatoms. The normalized spacial score (nSPS) is 27.3. The van der Waals surface area contributed by atoms with Crippen molar-refractivity contribution in [2.45, 2.75) is 6.92 Å². The maximum atomic E-state index is 12.4. The molecule has 1 aromatic rings. The van der Waals surface area contributed by atoms with E-state index in [1.165, 1.54) is 5.57 Å². The molecule has 0 saturated carbocycles. The van der Waals surface area contributed by atoms with E-state index in [0.29, 0.717) is 0 Å². The molecule has 1 aliphatic heterocycles. The lowest BCUT2D eigenvalue weighted by Crippen LogP contribution is -2.05. The molecular weight excluding hydrogens is 179 g/mol. The van der Waals surface area contributed by atoms with E-state index in [0.717, 1.165) is 17.6 Å². The third-order valence-corrected chi connectivity index (χ3v) is 5.49. The Hall–Kier alpha value is -0.810. The Morgan fingerprint density at radius 2 is 1.92 bits per heavy atom. The minimum Gasteiger partial charge on any atom is -0.318 e. The van der Waals surface area contributed by atoms with Crippen LogP contribution in [0, 0.1) is 0 Å². The molecule has 1 atom stereocenters. The fourth-order valence-electron chi connectivity index (χ4n) is 1.73. The van der Waals surface area contributed by atoms with Crippen molar-refractivity contribution in [1.29, 1.82) is 0 Å². The van der Waals surface area contributed by atoms with Crippen LogP contribution in [-0.4, -0.2) is 12.3 Å². The average molecular weight is 192 g/mol. The summed E-state index contributed by atoms with van der Waals surface area (Å²) in [6, 6.07) is 9.84. The zero-order chi connectivity index (χ0) is 9.31. The number of hydrogen-bond acceptors (Lipinski definition) is 1. The predicted octanol–water partition coefficient (Wildman–Crippen LogP) is 2.63. The van der Waals surface area contributed by atoms with E-state index in [2.05, 4.69) is 13.0 Å². The summed E-state index contributed by atoms with van der Waals surface area (Å²) in [6.45, 7) is 2.06. The summed E-state index contributed by atoms with van der Waals surface area (Å²) >= 11 is 0. The molecule has 1 aliphatic rings. The van der Waals surface area contributed by atoms with Crippen LogP contribution in [0.15, 0.2) is 42.0 Å². The highest BCUT2D eigenvalue weighted by Gasteiger charge is 2.27. The molecule has 1 aromatic carbocycles. The third-order valence-electron chi connectivity index (χ3n) is 2.47. The molecule has 2 rings (SSSR count). The van der Waals surface area contributed by atoms with Gasteiger partial charge in [-0.15, -0.1) is 0 Å². The van der Waals surface area contributed by atoms with Crippen molar-refractivity contribution in [2.24, 2.45) is 0 Å². The first kappa shape index (κ1) is 8.77. The molecular formula is C11H13OP. The van der Waals surface area contributed by atoms with Crippen LogP contribution in [0.25, 0.3) is 0 Å². The van der Waals surface area contributed by atoms with Crippen molar-refractivity contribution in [2.75, 3.05) is 12.3 Å². The van der Waals surface area contributed by atoms with Crippen molar-refractivity contribution in [1.82, 2.24) is 0 Å². The molecule has 0 aromatic heterocycles. The van der Waals surface area contributed by atoms with Gasteiger partial charge in [0.25, 0.3) is 0 Å². The van der Waals surface area contributed by atoms with Crippen LogP contribution in [0.5, 0.6) is 0 Å². The van der Waals surface area contributed by atoms with Gasteiger partial charge in [0.05, 0.1) is 0 Å². The summed E-state index contributed by atoms with van der Waals surface area (Å²) in [6.07, 6.45) is 3.63. The van der Waals surface area contributed by atoms with E-state index in [1.807, 2.05) is 30.3 Å². The van der Waals surface area contributed by atoms with Crippen LogP contribution >= 0.6 is 7.14 Å². The second kappa shape index (κ2) is 3.16. The predicted molar refractivity (Wildman–Crippen MR) is 57.2 cm³/mol. The van der Waals surface area contributed by atoms with E-state index in [9.17, 15) is 4.57 Å². The Labute approximate surface area is 78.9 Å². The molecule has 0 aliphatic carbocycles. The maximum Gasteiger partial charge on any atom is 0.123 e.